The van der Waals surface area contributed by atoms with Crippen LogP contribution in [0, 0.1) is 17.2 Å². The molecule has 1 aliphatic carbocycles. The van der Waals surface area contributed by atoms with E-state index in [9.17, 15) is 10.1 Å². The lowest BCUT2D eigenvalue weighted by Gasteiger charge is -2.33. The fourth-order valence-corrected chi connectivity index (χ4v) is 3.73. The van der Waals surface area contributed by atoms with Crippen LogP contribution in [0.3, 0.4) is 0 Å². The number of likely N-dealkylation sites (N-methyl/N-ethyl adjacent to an activating group) is 1. The zero-order valence-corrected chi connectivity index (χ0v) is 12.4. The third-order valence-electron chi connectivity index (χ3n) is 4.00. The second kappa shape index (κ2) is 5.08. The van der Waals surface area contributed by atoms with Crippen LogP contribution < -0.4 is 10.6 Å². The van der Waals surface area contributed by atoms with Gasteiger partial charge in [-0.25, -0.2) is 0 Å². The maximum absolute atomic E-state index is 12.2. The normalized spacial score (nSPS) is 19.9. The molecule has 0 amide bonds. The zero-order valence-electron chi connectivity index (χ0n) is 11.6. The Hall–Kier alpha value is -1.58. The predicted molar refractivity (Wildman–Crippen MR) is 80.2 cm³/mol. The lowest BCUT2D eigenvalue weighted by molar-refractivity contribution is 0.0972. The van der Waals surface area contributed by atoms with Gasteiger partial charge in [0.05, 0.1) is 10.6 Å². The highest BCUT2D eigenvalue weighted by Crippen LogP contribution is 2.42. The highest BCUT2D eigenvalue weighted by molar-refractivity contribution is 7.19. The van der Waals surface area contributed by atoms with Crippen molar-refractivity contribution >= 4 is 27.8 Å². The summed E-state index contributed by atoms with van der Waals surface area (Å²) < 4.78 is 0. The molecule has 1 saturated carbocycles. The maximum atomic E-state index is 12.2. The average molecular weight is 290 g/mol. The molecule has 1 saturated heterocycles. The van der Waals surface area contributed by atoms with Gasteiger partial charge in [0.2, 0.25) is 0 Å². The first kappa shape index (κ1) is 13.4. The molecule has 1 aromatic heterocycles. The van der Waals surface area contributed by atoms with Crippen LogP contribution in [0.15, 0.2) is 0 Å². The zero-order chi connectivity index (χ0) is 14.3. The second-order valence-electron chi connectivity index (χ2n) is 5.57. The highest BCUT2D eigenvalue weighted by Gasteiger charge is 2.35. The predicted octanol–water partition coefficient (Wildman–Crippen LogP) is 1.55. The van der Waals surface area contributed by atoms with Gasteiger partial charge in [0.25, 0.3) is 0 Å². The number of ketones is 1. The number of nitrogens with zero attached hydrogens (tertiary/aromatic N) is 3. The van der Waals surface area contributed by atoms with Crippen molar-refractivity contribution in [1.29, 1.82) is 5.26 Å². The van der Waals surface area contributed by atoms with E-state index in [2.05, 4.69) is 22.9 Å². The number of anilines is 2. The molecule has 2 aliphatic rings. The van der Waals surface area contributed by atoms with Gasteiger partial charge >= 0.3 is 0 Å². The number of nitrogens with two attached hydrogens (primary N) is 1. The molecule has 5 nitrogen and oxygen atoms in total. The minimum atomic E-state index is 0.129. The van der Waals surface area contributed by atoms with E-state index in [1.165, 1.54) is 11.3 Å². The average Bonchev–Trinajstić information content (AvgIpc) is 3.23. The minimum absolute atomic E-state index is 0.129. The van der Waals surface area contributed by atoms with Crippen LogP contribution in [0.5, 0.6) is 0 Å². The molecule has 3 rings (SSSR count). The van der Waals surface area contributed by atoms with Gasteiger partial charge in [-0.15, -0.1) is 11.3 Å². The fraction of sp³-hybridized carbons (Fsp3) is 0.571. The van der Waals surface area contributed by atoms with Gasteiger partial charge in [0, 0.05) is 32.1 Å². The molecule has 0 radical (unpaired) electrons. The summed E-state index contributed by atoms with van der Waals surface area (Å²) in [7, 11) is 2.09. The van der Waals surface area contributed by atoms with Gasteiger partial charge in [-0.1, -0.05) is 0 Å². The van der Waals surface area contributed by atoms with Gasteiger partial charge in [-0.2, -0.15) is 5.26 Å². The lowest BCUT2D eigenvalue weighted by Crippen LogP contribution is -2.44. The van der Waals surface area contributed by atoms with E-state index in [1.54, 1.807) is 0 Å². The van der Waals surface area contributed by atoms with Crippen molar-refractivity contribution in [1.82, 2.24) is 4.90 Å². The Bertz CT molecular complexity index is 577. The summed E-state index contributed by atoms with van der Waals surface area (Å²) in [4.78, 5) is 17.3. The number of nitrogen functional groups attached to an aromatic ring is 1. The summed E-state index contributed by atoms with van der Waals surface area (Å²) in [6.45, 7) is 3.69. The van der Waals surface area contributed by atoms with Crippen molar-refractivity contribution in [3.05, 3.63) is 10.4 Å². The van der Waals surface area contributed by atoms with E-state index < -0.39 is 0 Å². The number of piperazine rings is 1. The number of rotatable bonds is 3. The van der Waals surface area contributed by atoms with Crippen LogP contribution in [0.4, 0.5) is 10.7 Å². The minimum Gasteiger partial charge on any atom is -0.396 e. The summed E-state index contributed by atoms with van der Waals surface area (Å²) in [5.74, 6) is 0.271. The Morgan fingerprint density at radius 3 is 2.55 bits per heavy atom. The molecule has 20 heavy (non-hydrogen) atoms. The molecule has 6 heteroatoms. The Balaban J connectivity index is 1.92. The number of carbonyl (C=O) groups is 1. The number of hydrogen-bond donors (Lipinski definition) is 1. The van der Waals surface area contributed by atoms with Crippen LogP contribution in [-0.2, 0) is 0 Å². The molecule has 0 unspecified atom stereocenters. The first-order chi connectivity index (χ1) is 9.61. The van der Waals surface area contributed by atoms with Crippen LogP contribution in [-0.4, -0.2) is 43.9 Å². The Morgan fingerprint density at radius 2 is 2.00 bits per heavy atom. The Morgan fingerprint density at radius 1 is 1.35 bits per heavy atom. The molecule has 0 aromatic carbocycles. The smallest absolute Gasteiger partial charge is 0.178 e. The molecular weight excluding hydrogens is 272 g/mol. The van der Waals surface area contributed by atoms with Gasteiger partial charge in [-0.05, 0) is 19.9 Å². The third-order valence-corrected chi connectivity index (χ3v) is 5.28. The highest BCUT2D eigenvalue weighted by atomic mass is 32.1. The topological polar surface area (TPSA) is 73.4 Å². The van der Waals surface area contributed by atoms with E-state index >= 15 is 0 Å². The summed E-state index contributed by atoms with van der Waals surface area (Å²) in [6.07, 6.45) is 1.92. The summed E-state index contributed by atoms with van der Waals surface area (Å²) >= 11 is 1.41. The fourth-order valence-electron chi connectivity index (χ4n) is 2.49. The van der Waals surface area contributed by atoms with Crippen LogP contribution in [0.25, 0.3) is 0 Å². The van der Waals surface area contributed by atoms with E-state index in [0.717, 1.165) is 44.0 Å². The first-order valence-corrected chi connectivity index (χ1v) is 7.73. The van der Waals surface area contributed by atoms with Crippen molar-refractivity contribution in [3.63, 3.8) is 0 Å². The number of thiophene rings is 1. The van der Waals surface area contributed by atoms with E-state index in [4.69, 9.17) is 5.73 Å². The van der Waals surface area contributed by atoms with Crippen LogP contribution in [0.2, 0.25) is 0 Å². The lowest BCUT2D eigenvalue weighted by atomic mass is 10.1. The van der Waals surface area contributed by atoms with Gasteiger partial charge in [0.1, 0.15) is 16.6 Å². The molecule has 0 atom stereocenters. The largest absolute Gasteiger partial charge is 0.396 e. The third kappa shape index (κ3) is 2.28. The van der Waals surface area contributed by atoms with Crippen molar-refractivity contribution in [2.75, 3.05) is 43.9 Å². The molecule has 2 fully saturated rings. The molecule has 106 valence electrons. The molecular formula is C14H18N4OS. The summed E-state index contributed by atoms with van der Waals surface area (Å²) in [5.41, 5.74) is 6.93. The maximum Gasteiger partial charge on any atom is 0.178 e. The van der Waals surface area contributed by atoms with Gasteiger partial charge in [0.15, 0.2) is 5.78 Å². The molecule has 1 aromatic rings. The Labute approximate surface area is 122 Å². The Kier molecular flexibility index (Phi) is 3.40. The quantitative estimate of drug-likeness (QED) is 0.855. The SMILES string of the molecule is CN1CCN(c2sc(C(=O)C3CC3)c(N)c2C#N)CC1. The van der Waals surface area contributed by atoms with Crippen molar-refractivity contribution < 1.29 is 4.79 Å². The second-order valence-corrected chi connectivity index (χ2v) is 6.56. The van der Waals surface area contributed by atoms with Crippen molar-refractivity contribution in [3.8, 4) is 6.07 Å². The van der Waals surface area contributed by atoms with Gasteiger partial charge < -0.3 is 15.5 Å². The number of Topliss-reactive ketones (excluding diaryl/α,β-unsaturated/α-hetero) is 1. The monoisotopic (exact) mass is 290 g/mol. The van der Waals surface area contributed by atoms with Crippen molar-refractivity contribution in [2.24, 2.45) is 5.92 Å². The molecule has 0 spiro atoms. The molecule has 2 heterocycles. The van der Waals surface area contributed by atoms with E-state index in [-0.39, 0.29) is 11.7 Å². The standard InChI is InChI=1S/C14H18N4OS/c1-17-4-6-18(7-5-17)14-10(8-15)11(16)13(20-14)12(19)9-2-3-9/h9H,2-7,16H2,1H3. The van der Waals surface area contributed by atoms with E-state index in [1.807, 2.05) is 0 Å². The molecule has 2 N–H and O–H groups in total. The number of hydrogen-bond acceptors (Lipinski definition) is 6. The molecule has 1 aliphatic heterocycles. The first-order valence-electron chi connectivity index (χ1n) is 6.92. The number of nitriles is 1. The van der Waals surface area contributed by atoms with E-state index in [0.29, 0.717) is 16.1 Å². The number of carbonyl (C=O) groups excluding carboxylic acids is 1. The molecule has 0 bridgehead atoms. The summed E-state index contributed by atoms with van der Waals surface area (Å²) in [5, 5.41) is 10.2. The van der Waals surface area contributed by atoms with Crippen LogP contribution >= 0.6 is 11.3 Å². The van der Waals surface area contributed by atoms with Crippen molar-refractivity contribution in [2.45, 2.75) is 12.8 Å². The summed E-state index contributed by atoms with van der Waals surface area (Å²) in [6, 6.07) is 2.18. The van der Waals surface area contributed by atoms with Crippen LogP contribution in [0.1, 0.15) is 28.1 Å². The van der Waals surface area contributed by atoms with Gasteiger partial charge in [-0.3, -0.25) is 4.79 Å².